The molecule has 3 heteroatoms. The van der Waals surface area contributed by atoms with Gasteiger partial charge >= 0.3 is 0 Å². The molecular weight excluding hydrogens is 118 g/mol. The van der Waals surface area contributed by atoms with E-state index in [1.165, 1.54) is 11.8 Å². The number of aliphatic hydroxyl groups excluding tert-OH is 1. The van der Waals surface area contributed by atoms with E-state index in [-0.39, 0.29) is 18.6 Å². The predicted octanol–water partition coefficient (Wildman–Crippen LogP) is -0.155. The van der Waals surface area contributed by atoms with Gasteiger partial charge in [-0.1, -0.05) is 0 Å². The van der Waals surface area contributed by atoms with E-state index in [1.807, 2.05) is 0 Å². The summed E-state index contributed by atoms with van der Waals surface area (Å²) in [5.74, 6) is -0.0171. The van der Waals surface area contributed by atoms with Gasteiger partial charge in [-0.2, -0.15) is 0 Å². The van der Waals surface area contributed by atoms with Gasteiger partial charge in [0, 0.05) is 14.0 Å². The fourth-order valence-electron chi connectivity index (χ4n) is 0.433. The highest BCUT2D eigenvalue weighted by atomic mass is 16.3. The molecule has 1 N–H and O–H groups in total. The normalized spacial score (nSPS) is 12.9. The quantitative estimate of drug-likeness (QED) is 0.566. The van der Waals surface area contributed by atoms with Gasteiger partial charge in [-0.3, -0.25) is 4.79 Å². The van der Waals surface area contributed by atoms with Crippen molar-refractivity contribution in [1.82, 2.24) is 4.90 Å². The third-order valence-corrected chi connectivity index (χ3v) is 1.42. The third-order valence-electron chi connectivity index (χ3n) is 1.42. The first-order valence-electron chi connectivity index (χ1n) is 2.93. The van der Waals surface area contributed by atoms with Crippen LogP contribution in [0, 0.1) is 0 Å². The van der Waals surface area contributed by atoms with Gasteiger partial charge in [-0.05, 0) is 6.92 Å². The Kier molecular flexibility index (Phi) is 3.24. The lowest BCUT2D eigenvalue weighted by Gasteiger charge is -2.20. The van der Waals surface area contributed by atoms with Crippen LogP contribution in [0.5, 0.6) is 0 Å². The molecule has 0 aliphatic carbocycles. The molecule has 0 radical (unpaired) electrons. The Morgan fingerprint density at radius 1 is 1.78 bits per heavy atom. The zero-order valence-electron chi connectivity index (χ0n) is 6.09. The van der Waals surface area contributed by atoms with Crippen LogP contribution in [0.2, 0.25) is 0 Å². The highest BCUT2D eigenvalue weighted by Crippen LogP contribution is 1.92. The van der Waals surface area contributed by atoms with Crippen molar-refractivity contribution in [2.45, 2.75) is 19.9 Å². The van der Waals surface area contributed by atoms with Gasteiger partial charge in [0.25, 0.3) is 0 Å². The van der Waals surface area contributed by atoms with Gasteiger partial charge in [0.15, 0.2) is 0 Å². The molecule has 0 aliphatic heterocycles. The van der Waals surface area contributed by atoms with Crippen LogP contribution < -0.4 is 0 Å². The Labute approximate surface area is 55.3 Å². The summed E-state index contributed by atoms with van der Waals surface area (Å²) in [6.07, 6.45) is 0. The summed E-state index contributed by atoms with van der Waals surface area (Å²) in [6.45, 7) is 3.30. The van der Waals surface area contributed by atoms with E-state index in [2.05, 4.69) is 0 Å². The summed E-state index contributed by atoms with van der Waals surface area (Å²) in [6, 6.07) is -0.0671. The molecule has 0 saturated carbocycles. The van der Waals surface area contributed by atoms with Crippen LogP contribution in [-0.4, -0.2) is 35.6 Å². The van der Waals surface area contributed by atoms with Crippen LogP contribution in [0.1, 0.15) is 13.8 Å². The van der Waals surface area contributed by atoms with Crippen molar-refractivity contribution in [2.24, 2.45) is 0 Å². The summed E-state index contributed by atoms with van der Waals surface area (Å²) in [4.78, 5) is 12.1. The average molecular weight is 131 g/mol. The summed E-state index contributed by atoms with van der Waals surface area (Å²) < 4.78 is 0. The van der Waals surface area contributed by atoms with Crippen LogP contribution in [0.3, 0.4) is 0 Å². The Balaban J connectivity index is 3.72. The third kappa shape index (κ3) is 2.46. The zero-order valence-corrected chi connectivity index (χ0v) is 6.09. The zero-order chi connectivity index (χ0) is 7.44. The number of aliphatic hydroxyl groups is 1. The van der Waals surface area contributed by atoms with Crippen molar-refractivity contribution >= 4 is 5.91 Å². The Hall–Kier alpha value is -0.570. The molecule has 0 aromatic heterocycles. The molecule has 1 amide bonds. The van der Waals surface area contributed by atoms with Gasteiger partial charge in [-0.15, -0.1) is 0 Å². The lowest BCUT2D eigenvalue weighted by Crippen LogP contribution is -2.35. The average Bonchev–Trinajstić information content (AvgIpc) is 1.84. The molecule has 0 aromatic carbocycles. The molecule has 9 heavy (non-hydrogen) atoms. The van der Waals surface area contributed by atoms with Crippen molar-refractivity contribution in [3.8, 4) is 0 Å². The van der Waals surface area contributed by atoms with E-state index >= 15 is 0 Å². The topological polar surface area (TPSA) is 40.5 Å². The Morgan fingerprint density at radius 3 is 2.33 bits per heavy atom. The Morgan fingerprint density at radius 2 is 2.22 bits per heavy atom. The molecule has 1 unspecified atom stereocenters. The van der Waals surface area contributed by atoms with Gasteiger partial charge in [0.2, 0.25) is 5.91 Å². The van der Waals surface area contributed by atoms with E-state index in [0.717, 1.165) is 0 Å². The second-order valence-corrected chi connectivity index (χ2v) is 2.16. The molecular formula is C6H13NO2. The maximum atomic E-state index is 10.6. The minimum absolute atomic E-state index is 0.0171. The molecule has 0 bridgehead atoms. The van der Waals surface area contributed by atoms with Gasteiger partial charge in [-0.25, -0.2) is 0 Å². The highest BCUT2D eigenvalue weighted by Gasteiger charge is 2.08. The predicted molar refractivity (Wildman–Crippen MR) is 35.0 cm³/mol. The van der Waals surface area contributed by atoms with E-state index in [0.29, 0.717) is 0 Å². The number of carbonyl (C=O) groups excluding carboxylic acids is 1. The number of carbonyl (C=O) groups is 1. The number of rotatable bonds is 2. The van der Waals surface area contributed by atoms with Gasteiger partial charge < -0.3 is 10.0 Å². The molecule has 0 heterocycles. The van der Waals surface area contributed by atoms with Crippen LogP contribution in [0.25, 0.3) is 0 Å². The first-order chi connectivity index (χ1) is 4.09. The number of amides is 1. The molecule has 0 fully saturated rings. The van der Waals surface area contributed by atoms with Crippen molar-refractivity contribution in [1.29, 1.82) is 0 Å². The fourth-order valence-corrected chi connectivity index (χ4v) is 0.433. The van der Waals surface area contributed by atoms with Crippen LogP contribution in [0.15, 0.2) is 0 Å². The summed E-state index contributed by atoms with van der Waals surface area (Å²) in [7, 11) is 1.67. The molecule has 0 saturated heterocycles. The lowest BCUT2D eigenvalue weighted by atomic mass is 10.3. The molecule has 54 valence electrons. The minimum Gasteiger partial charge on any atom is -0.394 e. The lowest BCUT2D eigenvalue weighted by molar-refractivity contribution is -0.130. The largest absolute Gasteiger partial charge is 0.394 e. The summed E-state index contributed by atoms with van der Waals surface area (Å²) in [5.41, 5.74) is 0. The van der Waals surface area contributed by atoms with E-state index in [9.17, 15) is 4.79 Å². The molecule has 0 aliphatic rings. The Bertz CT molecular complexity index is 103. The van der Waals surface area contributed by atoms with E-state index in [1.54, 1.807) is 14.0 Å². The van der Waals surface area contributed by atoms with Crippen molar-refractivity contribution in [2.75, 3.05) is 13.7 Å². The minimum atomic E-state index is -0.0671. The van der Waals surface area contributed by atoms with Crippen LogP contribution >= 0.6 is 0 Å². The van der Waals surface area contributed by atoms with Crippen molar-refractivity contribution < 1.29 is 9.90 Å². The number of hydrogen-bond donors (Lipinski definition) is 1. The van der Waals surface area contributed by atoms with Crippen LogP contribution in [0.4, 0.5) is 0 Å². The number of likely N-dealkylation sites (N-methyl/N-ethyl adjacent to an activating group) is 1. The maximum Gasteiger partial charge on any atom is 0.219 e. The number of nitrogens with zero attached hydrogens (tertiary/aromatic N) is 1. The molecule has 0 rings (SSSR count). The second kappa shape index (κ2) is 3.45. The fraction of sp³-hybridized carbons (Fsp3) is 0.833. The maximum absolute atomic E-state index is 10.6. The SMILES string of the molecule is CC(=O)N(C)C(C)CO. The van der Waals surface area contributed by atoms with Crippen molar-refractivity contribution in [3.05, 3.63) is 0 Å². The number of hydrogen-bond acceptors (Lipinski definition) is 2. The van der Waals surface area contributed by atoms with Gasteiger partial charge in [0.1, 0.15) is 0 Å². The van der Waals surface area contributed by atoms with Crippen molar-refractivity contribution in [3.63, 3.8) is 0 Å². The van der Waals surface area contributed by atoms with E-state index < -0.39 is 0 Å². The molecule has 1 atom stereocenters. The highest BCUT2D eigenvalue weighted by molar-refractivity contribution is 5.73. The molecule has 0 aromatic rings. The van der Waals surface area contributed by atoms with E-state index in [4.69, 9.17) is 5.11 Å². The summed E-state index contributed by atoms with van der Waals surface area (Å²) in [5, 5.41) is 8.56. The molecule has 0 spiro atoms. The van der Waals surface area contributed by atoms with Crippen LogP contribution in [-0.2, 0) is 4.79 Å². The second-order valence-electron chi connectivity index (χ2n) is 2.16. The first kappa shape index (κ1) is 8.43. The smallest absolute Gasteiger partial charge is 0.219 e. The monoisotopic (exact) mass is 131 g/mol. The standard InChI is InChI=1S/C6H13NO2/c1-5(4-8)7(3)6(2)9/h5,8H,4H2,1-3H3. The molecule has 3 nitrogen and oxygen atoms in total. The summed E-state index contributed by atoms with van der Waals surface area (Å²) >= 11 is 0. The van der Waals surface area contributed by atoms with Gasteiger partial charge in [0.05, 0.1) is 12.6 Å². The first-order valence-corrected chi connectivity index (χ1v) is 2.93.